The molecule has 0 fully saturated rings. The number of hydrogen-bond acceptors (Lipinski definition) is 2. The van der Waals surface area contributed by atoms with E-state index in [9.17, 15) is 4.79 Å². The van der Waals surface area contributed by atoms with Crippen molar-refractivity contribution in [2.75, 3.05) is 0 Å². The predicted octanol–water partition coefficient (Wildman–Crippen LogP) is 2.47. The van der Waals surface area contributed by atoms with E-state index in [1.165, 1.54) is 5.56 Å². The number of carbonyl (C=O) groups is 1. The van der Waals surface area contributed by atoms with E-state index >= 15 is 0 Å². The van der Waals surface area contributed by atoms with Gasteiger partial charge in [-0.3, -0.25) is 4.98 Å². The Morgan fingerprint density at radius 3 is 2.85 bits per heavy atom. The van der Waals surface area contributed by atoms with Crippen LogP contribution in [0.5, 0.6) is 0 Å². The molecule has 0 N–H and O–H groups in total. The van der Waals surface area contributed by atoms with E-state index in [-0.39, 0.29) is 5.78 Å². The van der Waals surface area contributed by atoms with Crippen molar-refractivity contribution in [2.24, 2.45) is 0 Å². The number of aromatic nitrogens is 1. The molecule has 13 heavy (non-hydrogen) atoms. The van der Waals surface area contributed by atoms with Gasteiger partial charge in [-0.2, -0.15) is 0 Å². The molecule has 0 amide bonds. The summed E-state index contributed by atoms with van der Waals surface area (Å²) >= 11 is 0. The molecule has 1 aromatic heterocycles. The summed E-state index contributed by atoms with van der Waals surface area (Å²) in [7, 11) is 0. The van der Waals surface area contributed by atoms with Crippen LogP contribution < -0.4 is 0 Å². The van der Waals surface area contributed by atoms with Crippen molar-refractivity contribution in [3.8, 4) is 0 Å². The van der Waals surface area contributed by atoms with E-state index in [0.29, 0.717) is 12.3 Å². The van der Waals surface area contributed by atoms with Crippen LogP contribution in [0.4, 0.5) is 0 Å². The van der Waals surface area contributed by atoms with Gasteiger partial charge in [0.1, 0.15) is 5.78 Å². The van der Waals surface area contributed by atoms with Crippen molar-refractivity contribution in [3.05, 3.63) is 29.6 Å². The third-order valence-electron chi connectivity index (χ3n) is 2.19. The molecule has 0 radical (unpaired) electrons. The highest BCUT2D eigenvalue weighted by molar-refractivity contribution is 5.76. The Balaban J connectivity index is 2.82. The van der Waals surface area contributed by atoms with Gasteiger partial charge in [-0.05, 0) is 37.0 Å². The van der Waals surface area contributed by atoms with Gasteiger partial charge in [-0.25, -0.2) is 0 Å². The van der Waals surface area contributed by atoms with Crippen LogP contribution in [0.25, 0.3) is 0 Å². The zero-order chi connectivity index (χ0) is 9.84. The molecule has 2 nitrogen and oxygen atoms in total. The molecule has 0 aliphatic carbocycles. The lowest BCUT2D eigenvalue weighted by Crippen LogP contribution is -2.02. The molecule has 1 heterocycles. The highest BCUT2D eigenvalue weighted by Gasteiger charge is 2.09. The van der Waals surface area contributed by atoms with Crippen LogP contribution in [0.3, 0.4) is 0 Å². The van der Waals surface area contributed by atoms with Crippen LogP contribution in [0, 0.1) is 6.92 Å². The first-order valence-corrected chi connectivity index (χ1v) is 4.51. The summed E-state index contributed by atoms with van der Waals surface area (Å²) in [5.74, 6) is 0.546. The van der Waals surface area contributed by atoms with E-state index in [1.54, 1.807) is 13.1 Å². The highest BCUT2D eigenvalue weighted by atomic mass is 16.1. The predicted molar refractivity (Wildman–Crippen MR) is 52.7 cm³/mol. The number of ketones is 1. The Morgan fingerprint density at radius 1 is 1.62 bits per heavy atom. The highest BCUT2D eigenvalue weighted by Crippen LogP contribution is 2.21. The Labute approximate surface area is 79.0 Å². The van der Waals surface area contributed by atoms with Crippen LogP contribution >= 0.6 is 0 Å². The van der Waals surface area contributed by atoms with Gasteiger partial charge in [0.05, 0.1) is 0 Å². The van der Waals surface area contributed by atoms with Gasteiger partial charge in [-0.15, -0.1) is 0 Å². The van der Waals surface area contributed by atoms with Gasteiger partial charge in [0, 0.05) is 18.8 Å². The number of hydrogen-bond donors (Lipinski definition) is 0. The zero-order valence-electron chi connectivity index (χ0n) is 8.37. The second-order valence-corrected chi connectivity index (χ2v) is 3.54. The second kappa shape index (κ2) is 4.17. The molecule has 70 valence electrons. The molecule has 0 aliphatic rings. The number of Topliss-reactive ketones (excluding diaryl/α,β-unsaturated/α-hetero) is 1. The zero-order valence-corrected chi connectivity index (χ0v) is 8.37. The van der Waals surface area contributed by atoms with Gasteiger partial charge >= 0.3 is 0 Å². The van der Waals surface area contributed by atoms with E-state index in [1.807, 2.05) is 19.2 Å². The number of rotatable bonds is 3. The monoisotopic (exact) mass is 177 g/mol. The molecule has 0 saturated carbocycles. The minimum atomic E-state index is 0.240. The lowest BCUT2D eigenvalue weighted by atomic mass is 9.94. The molecule has 1 rings (SSSR count). The number of pyridine rings is 1. The molecule has 1 unspecified atom stereocenters. The van der Waals surface area contributed by atoms with Gasteiger partial charge in [-0.1, -0.05) is 6.92 Å². The minimum Gasteiger partial charge on any atom is -0.300 e. The Kier molecular flexibility index (Phi) is 3.18. The van der Waals surface area contributed by atoms with Crippen LogP contribution in [-0.4, -0.2) is 10.8 Å². The van der Waals surface area contributed by atoms with Crippen LogP contribution in [-0.2, 0) is 4.79 Å². The number of nitrogens with zero attached hydrogens (tertiary/aromatic N) is 1. The summed E-state index contributed by atoms with van der Waals surface area (Å²) in [5, 5.41) is 0. The Morgan fingerprint density at radius 2 is 2.31 bits per heavy atom. The van der Waals surface area contributed by atoms with Gasteiger partial charge in [0.15, 0.2) is 0 Å². The summed E-state index contributed by atoms with van der Waals surface area (Å²) < 4.78 is 0. The molecule has 1 aromatic rings. The molecular formula is C11H15NO. The molecular weight excluding hydrogens is 162 g/mol. The maximum atomic E-state index is 10.9. The van der Waals surface area contributed by atoms with Gasteiger partial charge < -0.3 is 4.79 Å². The molecule has 2 heteroatoms. The fraction of sp³-hybridized carbons (Fsp3) is 0.455. The summed E-state index contributed by atoms with van der Waals surface area (Å²) in [4.78, 5) is 14.9. The van der Waals surface area contributed by atoms with Crippen molar-refractivity contribution in [1.29, 1.82) is 0 Å². The first kappa shape index (κ1) is 9.90. The van der Waals surface area contributed by atoms with E-state index < -0.39 is 0 Å². The third-order valence-corrected chi connectivity index (χ3v) is 2.19. The number of carbonyl (C=O) groups excluding carboxylic acids is 1. The standard InChI is InChI=1S/C11H15NO/c1-8(6-10(3)13)11-4-5-12-7-9(11)2/h4-5,7-8H,6H2,1-3H3. The van der Waals surface area contributed by atoms with Crippen molar-refractivity contribution in [1.82, 2.24) is 4.98 Å². The summed E-state index contributed by atoms with van der Waals surface area (Å²) in [6, 6.07) is 1.99. The lowest BCUT2D eigenvalue weighted by Gasteiger charge is -2.11. The Bertz CT molecular complexity index is 307. The van der Waals surface area contributed by atoms with Crippen molar-refractivity contribution >= 4 is 5.78 Å². The topological polar surface area (TPSA) is 30.0 Å². The van der Waals surface area contributed by atoms with E-state index in [2.05, 4.69) is 11.9 Å². The summed E-state index contributed by atoms with van der Waals surface area (Å²) in [6.07, 6.45) is 4.23. The quantitative estimate of drug-likeness (QED) is 0.710. The van der Waals surface area contributed by atoms with Crippen molar-refractivity contribution in [2.45, 2.75) is 33.1 Å². The maximum absolute atomic E-state index is 10.9. The summed E-state index contributed by atoms with van der Waals surface area (Å²) in [6.45, 7) is 5.73. The van der Waals surface area contributed by atoms with Gasteiger partial charge in [0.25, 0.3) is 0 Å². The first-order valence-electron chi connectivity index (χ1n) is 4.51. The fourth-order valence-corrected chi connectivity index (χ4v) is 1.58. The van der Waals surface area contributed by atoms with Crippen molar-refractivity contribution < 1.29 is 4.79 Å². The average Bonchev–Trinajstić information content (AvgIpc) is 2.03. The normalized spacial score (nSPS) is 12.5. The van der Waals surface area contributed by atoms with E-state index in [4.69, 9.17) is 0 Å². The molecule has 0 aliphatic heterocycles. The average molecular weight is 177 g/mol. The largest absolute Gasteiger partial charge is 0.300 e. The fourth-order valence-electron chi connectivity index (χ4n) is 1.58. The summed E-state index contributed by atoms with van der Waals surface area (Å²) in [5.41, 5.74) is 2.39. The first-order chi connectivity index (χ1) is 6.11. The number of aryl methyl sites for hydroxylation is 1. The second-order valence-electron chi connectivity index (χ2n) is 3.54. The molecule has 0 aromatic carbocycles. The molecule has 1 atom stereocenters. The maximum Gasteiger partial charge on any atom is 0.130 e. The van der Waals surface area contributed by atoms with E-state index in [0.717, 1.165) is 5.56 Å². The minimum absolute atomic E-state index is 0.240. The van der Waals surface area contributed by atoms with Crippen molar-refractivity contribution in [3.63, 3.8) is 0 Å². The van der Waals surface area contributed by atoms with Crippen LogP contribution in [0.15, 0.2) is 18.5 Å². The SMILES string of the molecule is CC(=O)CC(C)c1ccncc1C. The van der Waals surface area contributed by atoms with Crippen LogP contribution in [0.2, 0.25) is 0 Å². The van der Waals surface area contributed by atoms with Crippen LogP contribution in [0.1, 0.15) is 37.3 Å². The molecule has 0 saturated heterocycles. The molecule has 0 spiro atoms. The smallest absolute Gasteiger partial charge is 0.130 e. The third kappa shape index (κ3) is 2.65. The lowest BCUT2D eigenvalue weighted by molar-refractivity contribution is -0.117. The Hall–Kier alpha value is -1.18. The van der Waals surface area contributed by atoms with Gasteiger partial charge in [0.2, 0.25) is 0 Å². The molecule has 0 bridgehead atoms.